The number of halogens is 2. The van der Waals surface area contributed by atoms with Crippen molar-refractivity contribution in [1.29, 1.82) is 0 Å². The molecular formula is C14H9ClFNO2S. The van der Waals surface area contributed by atoms with Crippen LogP contribution in [0.15, 0.2) is 36.4 Å². The summed E-state index contributed by atoms with van der Waals surface area (Å²) in [5.74, 6) is -1.42. The molecule has 2 aromatic heterocycles. The van der Waals surface area contributed by atoms with Crippen LogP contribution in [-0.2, 0) is 6.54 Å². The minimum Gasteiger partial charge on any atom is -0.477 e. The third-order valence-electron chi connectivity index (χ3n) is 3.03. The van der Waals surface area contributed by atoms with Gasteiger partial charge in [0.1, 0.15) is 11.5 Å². The highest BCUT2D eigenvalue weighted by atomic mass is 35.5. The van der Waals surface area contributed by atoms with Crippen LogP contribution < -0.4 is 0 Å². The summed E-state index contributed by atoms with van der Waals surface area (Å²) in [4.78, 5) is 12.3. The van der Waals surface area contributed by atoms with Crippen molar-refractivity contribution in [2.45, 2.75) is 6.54 Å². The van der Waals surface area contributed by atoms with Gasteiger partial charge in [-0.15, -0.1) is 11.3 Å². The molecule has 20 heavy (non-hydrogen) atoms. The Balaban J connectivity index is 2.16. The van der Waals surface area contributed by atoms with E-state index in [1.165, 1.54) is 29.5 Å². The maximum absolute atomic E-state index is 13.2. The van der Waals surface area contributed by atoms with Gasteiger partial charge in [-0.2, -0.15) is 0 Å². The van der Waals surface area contributed by atoms with E-state index in [2.05, 4.69) is 0 Å². The summed E-state index contributed by atoms with van der Waals surface area (Å²) >= 11 is 7.28. The van der Waals surface area contributed by atoms with Crippen LogP contribution in [-0.4, -0.2) is 15.6 Å². The van der Waals surface area contributed by atoms with Crippen molar-refractivity contribution in [1.82, 2.24) is 4.57 Å². The molecule has 0 fully saturated rings. The monoisotopic (exact) mass is 309 g/mol. The van der Waals surface area contributed by atoms with E-state index in [1.54, 1.807) is 16.7 Å². The second kappa shape index (κ2) is 4.92. The number of benzene rings is 1. The average molecular weight is 310 g/mol. The van der Waals surface area contributed by atoms with Crippen molar-refractivity contribution in [3.05, 3.63) is 57.1 Å². The molecule has 102 valence electrons. The predicted octanol–water partition coefficient (Wildman–Crippen LogP) is 4.24. The summed E-state index contributed by atoms with van der Waals surface area (Å²) in [7, 11) is 0. The molecule has 3 aromatic rings. The second-order valence-corrected chi connectivity index (χ2v) is 6.13. The molecule has 0 saturated carbocycles. The minimum absolute atomic E-state index is 0.134. The Morgan fingerprint density at radius 3 is 2.75 bits per heavy atom. The molecule has 3 nitrogen and oxygen atoms in total. The SMILES string of the molecule is O=C(O)c1cc2cc(F)ccc2n1Cc1ccc(Cl)s1. The van der Waals surface area contributed by atoms with Crippen LogP contribution in [0.5, 0.6) is 0 Å². The van der Waals surface area contributed by atoms with Crippen molar-refractivity contribution in [2.24, 2.45) is 0 Å². The molecule has 0 aliphatic carbocycles. The fourth-order valence-electron chi connectivity index (χ4n) is 2.18. The number of hydrogen-bond donors (Lipinski definition) is 1. The Morgan fingerprint density at radius 2 is 2.10 bits per heavy atom. The molecule has 0 bridgehead atoms. The minimum atomic E-state index is -1.04. The van der Waals surface area contributed by atoms with Gasteiger partial charge in [0.15, 0.2) is 0 Å². The van der Waals surface area contributed by atoms with Crippen LogP contribution in [0, 0.1) is 5.82 Å². The third-order valence-corrected chi connectivity index (χ3v) is 4.24. The van der Waals surface area contributed by atoms with Crippen LogP contribution in [0.4, 0.5) is 4.39 Å². The zero-order valence-corrected chi connectivity index (χ0v) is 11.7. The van der Waals surface area contributed by atoms with Crippen LogP contribution in [0.3, 0.4) is 0 Å². The zero-order chi connectivity index (χ0) is 14.3. The van der Waals surface area contributed by atoms with Gasteiger partial charge in [0, 0.05) is 15.8 Å². The Kier molecular flexibility index (Phi) is 3.23. The van der Waals surface area contributed by atoms with Gasteiger partial charge < -0.3 is 9.67 Å². The number of carboxylic acids is 1. The fourth-order valence-corrected chi connectivity index (χ4v) is 3.26. The van der Waals surface area contributed by atoms with E-state index in [1.807, 2.05) is 6.07 Å². The zero-order valence-electron chi connectivity index (χ0n) is 10.1. The summed E-state index contributed by atoms with van der Waals surface area (Å²) in [6.45, 7) is 0.397. The number of hydrogen-bond acceptors (Lipinski definition) is 2. The van der Waals surface area contributed by atoms with Crippen molar-refractivity contribution in [3.8, 4) is 0 Å². The Labute approximate surface area is 122 Å². The summed E-state index contributed by atoms with van der Waals surface area (Å²) in [6.07, 6.45) is 0. The molecule has 0 atom stereocenters. The first-order valence-electron chi connectivity index (χ1n) is 5.81. The lowest BCUT2D eigenvalue weighted by Gasteiger charge is -2.06. The van der Waals surface area contributed by atoms with Crippen LogP contribution >= 0.6 is 22.9 Å². The quantitative estimate of drug-likeness (QED) is 0.786. The standard InChI is InChI=1S/C14H9ClFNO2S/c15-13-4-2-10(20-13)7-17-11-3-1-9(16)5-8(11)6-12(17)14(18)19/h1-6H,7H2,(H,18,19). The largest absolute Gasteiger partial charge is 0.477 e. The summed E-state index contributed by atoms with van der Waals surface area (Å²) in [6, 6.07) is 9.36. The van der Waals surface area contributed by atoms with Crippen LogP contribution in [0.1, 0.15) is 15.4 Å². The van der Waals surface area contributed by atoms with E-state index < -0.39 is 5.97 Å². The second-order valence-electron chi connectivity index (χ2n) is 4.33. The highest BCUT2D eigenvalue weighted by Gasteiger charge is 2.15. The van der Waals surface area contributed by atoms with Gasteiger partial charge in [-0.25, -0.2) is 9.18 Å². The van der Waals surface area contributed by atoms with Gasteiger partial charge in [-0.1, -0.05) is 11.6 Å². The van der Waals surface area contributed by atoms with Crippen LogP contribution in [0.2, 0.25) is 4.34 Å². The van der Waals surface area contributed by atoms with Crippen molar-refractivity contribution in [3.63, 3.8) is 0 Å². The summed E-state index contributed by atoms with van der Waals surface area (Å²) < 4.78 is 15.5. The molecule has 0 aliphatic heterocycles. The summed E-state index contributed by atoms with van der Waals surface area (Å²) in [5, 5.41) is 9.86. The number of aromatic carboxylic acids is 1. The highest BCUT2D eigenvalue weighted by Crippen LogP contribution is 2.26. The first kappa shape index (κ1) is 13.1. The molecular weight excluding hydrogens is 301 g/mol. The van der Waals surface area contributed by atoms with E-state index in [0.717, 1.165) is 4.88 Å². The molecule has 0 aliphatic rings. The Bertz CT molecular complexity index is 809. The first-order valence-corrected chi connectivity index (χ1v) is 7.00. The molecule has 0 spiro atoms. The molecule has 0 radical (unpaired) electrons. The Morgan fingerprint density at radius 1 is 1.30 bits per heavy atom. The highest BCUT2D eigenvalue weighted by molar-refractivity contribution is 7.16. The molecule has 0 amide bonds. The van der Waals surface area contributed by atoms with E-state index >= 15 is 0 Å². The lowest BCUT2D eigenvalue weighted by atomic mass is 10.2. The first-order chi connectivity index (χ1) is 9.54. The van der Waals surface area contributed by atoms with Gasteiger partial charge in [-0.05, 0) is 36.4 Å². The lowest BCUT2D eigenvalue weighted by molar-refractivity contribution is 0.0686. The van der Waals surface area contributed by atoms with E-state index in [9.17, 15) is 14.3 Å². The van der Waals surface area contributed by atoms with E-state index in [4.69, 9.17) is 11.6 Å². The molecule has 6 heteroatoms. The molecule has 1 aromatic carbocycles. The molecule has 0 unspecified atom stereocenters. The topological polar surface area (TPSA) is 42.2 Å². The Hall–Kier alpha value is -1.85. The van der Waals surface area contributed by atoms with Gasteiger partial charge >= 0.3 is 5.97 Å². The third kappa shape index (κ3) is 2.30. The molecule has 3 rings (SSSR count). The maximum Gasteiger partial charge on any atom is 0.352 e. The number of carboxylic acid groups (broad SMARTS) is 1. The molecule has 1 N–H and O–H groups in total. The fraction of sp³-hybridized carbons (Fsp3) is 0.0714. The maximum atomic E-state index is 13.2. The van der Waals surface area contributed by atoms with Gasteiger partial charge in [0.2, 0.25) is 0 Å². The number of aromatic nitrogens is 1. The lowest BCUT2D eigenvalue weighted by Crippen LogP contribution is -2.08. The predicted molar refractivity (Wildman–Crippen MR) is 77.3 cm³/mol. The van der Waals surface area contributed by atoms with Crippen molar-refractivity contribution >= 4 is 39.8 Å². The van der Waals surface area contributed by atoms with E-state index in [0.29, 0.717) is 21.8 Å². The number of rotatable bonds is 3. The van der Waals surface area contributed by atoms with Gasteiger partial charge in [0.05, 0.1) is 10.9 Å². The molecule has 0 saturated heterocycles. The van der Waals surface area contributed by atoms with Gasteiger partial charge in [-0.3, -0.25) is 0 Å². The van der Waals surface area contributed by atoms with Crippen molar-refractivity contribution < 1.29 is 14.3 Å². The number of thiophene rings is 1. The number of fused-ring (bicyclic) bond motifs is 1. The average Bonchev–Trinajstić information content (AvgIpc) is 2.94. The van der Waals surface area contributed by atoms with Crippen LogP contribution in [0.25, 0.3) is 10.9 Å². The summed E-state index contributed by atoms with van der Waals surface area (Å²) in [5.41, 5.74) is 0.823. The van der Waals surface area contributed by atoms with Gasteiger partial charge in [0.25, 0.3) is 0 Å². The van der Waals surface area contributed by atoms with Crippen molar-refractivity contribution in [2.75, 3.05) is 0 Å². The smallest absolute Gasteiger partial charge is 0.352 e. The normalized spacial score (nSPS) is 11.1. The molecule has 2 heterocycles. The number of carbonyl (C=O) groups is 1. The van der Waals surface area contributed by atoms with E-state index in [-0.39, 0.29) is 11.5 Å². The number of nitrogens with zero attached hydrogens (tertiary/aromatic N) is 1.